The van der Waals surface area contributed by atoms with Gasteiger partial charge in [-0.05, 0) is 13.0 Å². The summed E-state index contributed by atoms with van der Waals surface area (Å²) in [6.45, 7) is 1.88. The fourth-order valence-corrected chi connectivity index (χ4v) is 2.94. The molecule has 0 spiro atoms. The lowest BCUT2D eigenvalue weighted by Gasteiger charge is -2.24. The highest BCUT2D eigenvalue weighted by molar-refractivity contribution is 6.04. The van der Waals surface area contributed by atoms with Gasteiger partial charge < -0.3 is 20.3 Å². The molecule has 3 rings (SSSR count). The van der Waals surface area contributed by atoms with Gasteiger partial charge in [0.1, 0.15) is 36.5 Å². The first-order valence-corrected chi connectivity index (χ1v) is 8.35. The first-order valence-electron chi connectivity index (χ1n) is 8.35. The Morgan fingerprint density at radius 1 is 1.46 bits per heavy atom. The van der Waals surface area contributed by atoms with Crippen molar-refractivity contribution in [2.24, 2.45) is 10.7 Å². The summed E-state index contributed by atoms with van der Waals surface area (Å²) in [4.78, 5) is 27.4. The summed E-state index contributed by atoms with van der Waals surface area (Å²) < 4.78 is 24.8. The Morgan fingerprint density at radius 2 is 2.18 bits per heavy atom. The number of ether oxygens (including phenoxy) is 2. The summed E-state index contributed by atoms with van der Waals surface area (Å²) in [6.07, 6.45) is 1.62. The zero-order valence-corrected chi connectivity index (χ0v) is 15.6. The number of primary amides is 1. The Balaban J connectivity index is 2.10. The number of nitrogens with zero attached hydrogens (tertiary/aromatic N) is 2. The second-order valence-electron chi connectivity index (χ2n) is 6.80. The standard InChI is InChI=1S/C19H18FN3O5/c1-19(26,18(25)27-3)5-4-11-8-12-15(9-13(11)20)28-7-6-23(2)10-14(16(21)24)22-17(12)23/h8-10,26H,6-7H2,1-3H3,(H-,21,24)/p+1. The summed E-state index contributed by atoms with van der Waals surface area (Å²) >= 11 is 0. The fourth-order valence-electron chi connectivity index (χ4n) is 2.94. The summed E-state index contributed by atoms with van der Waals surface area (Å²) in [7, 11) is 2.93. The number of esters is 1. The van der Waals surface area contributed by atoms with Crippen LogP contribution >= 0.6 is 0 Å². The van der Waals surface area contributed by atoms with Crippen LogP contribution in [-0.4, -0.2) is 60.2 Å². The number of nitrogens with two attached hydrogens (primary N) is 1. The third kappa shape index (κ3) is 3.35. The molecule has 1 aromatic rings. The van der Waals surface area contributed by atoms with Gasteiger partial charge in [0, 0.05) is 6.07 Å². The zero-order chi connectivity index (χ0) is 20.7. The van der Waals surface area contributed by atoms with Crippen LogP contribution in [0.15, 0.2) is 29.0 Å². The van der Waals surface area contributed by atoms with Crippen LogP contribution in [-0.2, 0) is 14.3 Å². The Kier molecular flexibility index (Phi) is 4.71. The van der Waals surface area contributed by atoms with Crippen LogP contribution in [0.2, 0.25) is 0 Å². The van der Waals surface area contributed by atoms with Gasteiger partial charge in [-0.3, -0.25) is 4.79 Å². The SMILES string of the molecule is COC(=O)C(C)(O)C#Cc1cc2c(cc1F)OCC[N+]1(C)C=C(C(N)=O)N=C21. The zero-order valence-electron chi connectivity index (χ0n) is 15.6. The number of hydrogen-bond donors (Lipinski definition) is 2. The third-order valence-corrected chi connectivity index (χ3v) is 4.52. The smallest absolute Gasteiger partial charge is 0.350 e. The molecule has 28 heavy (non-hydrogen) atoms. The molecule has 0 aliphatic carbocycles. The second kappa shape index (κ2) is 6.74. The van der Waals surface area contributed by atoms with E-state index >= 15 is 0 Å². The lowest BCUT2D eigenvalue weighted by molar-refractivity contribution is -0.762. The minimum Gasteiger partial charge on any atom is -0.487 e. The molecule has 0 fully saturated rings. The van der Waals surface area contributed by atoms with Gasteiger partial charge in [-0.1, -0.05) is 11.8 Å². The Bertz CT molecular complexity index is 1000. The number of amides is 1. The maximum absolute atomic E-state index is 14.5. The van der Waals surface area contributed by atoms with Crippen molar-refractivity contribution >= 4 is 17.7 Å². The fraction of sp³-hybridized carbons (Fsp3) is 0.316. The van der Waals surface area contributed by atoms with Crippen molar-refractivity contribution in [2.75, 3.05) is 27.3 Å². The van der Waals surface area contributed by atoms with Crippen molar-refractivity contribution in [1.29, 1.82) is 0 Å². The van der Waals surface area contributed by atoms with Crippen molar-refractivity contribution in [3.8, 4) is 17.6 Å². The van der Waals surface area contributed by atoms with Crippen LogP contribution in [0, 0.1) is 17.7 Å². The topological polar surface area (TPSA) is 111 Å². The van der Waals surface area contributed by atoms with E-state index in [1.54, 1.807) is 6.20 Å². The van der Waals surface area contributed by atoms with Crippen molar-refractivity contribution in [3.63, 3.8) is 0 Å². The van der Waals surface area contributed by atoms with Crippen LogP contribution in [0.4, 0.5) is 4.39 Å². The largest absolute Gasteiger partial charge is 0.487 e. The average molecular weight is 388 g/mol. The molecule has 2 aliphatic heterocycles. The molecule has 0 saturated heterocycles. The van der Waals surface area contributed by atoms with E-state index in [2.05, 4.69) is 21.6 Å². The van der Waals surface area contributed by atoms with Crippen molar-refractivity contribution in [2.45, 2.75) is 12.5 Å². The van der Waals surface area contributed by atoms with E-state index in [0.717, 1.165) is 20.1 Å². The van der Waals surface area contributed by atoms with Crippen molar-refractivity contribution in [3.05, 3.63) is 41.0 Å². The number of carbonyl (C=O) groups is 2. The molecule has 3 N–H and O–H groups in total. The van der Waals surface area contributed by atoms with Crippen LogP contribution in [0.1, 0.15) is 18.1 Å². The molecular formula is C19H19FN3O5+. The summed E-state index contributed by atoms with van der Waals surface area (Å²) in [6, 6.07) is 2.57. The second-order valence-corrected chi connectivity index (χ2v) is 6.80. The van der Waals surface area contributed by atoms with E-state index in [1.807, 2.05) is 7.05 Å². The number of methoxy groups -OCH3 is 1. The van der Waals surface area contributed by atoms with Gasteiger partial charge in [-0.2, -0.15) is 4.99 Å². The molecule has 2 aliphatic rings. The molecule has 0 radical (unpaired) electrons. The molecule has 8 nitrogen and oxygen atoms in total. The summed E-state index contributed by atoms with van der Waals surface area (Å²) in [5.41, 5.74) is 3.73. The highest BCUT2D eigenvalue weighted by Crippen LogP contribution is 2.33. The predicted molar refractivity (Wildman–Crippen MR) is 96.3 cm³/mol. The molecule has 9 heteroatoms. The molecule has 2 atom stereocenters. The van der Waals surface area contributed by atoms with Gasteiger partial charge in [0.2, 0.25) is 11.4 Å². The Hall–Kier alpha value is -3.22. The van der Waals surface area contributed by atoms with Gasteiger partial charge in [-0.15, -0.1) is 0 Å². The molecule has 0 saturated carbocycles. The Labute approximate surface area is 160 Å². The number of likely N-dealkylation sites (N-methyl/N-ethyl adjacent to an activating group) is 1. The number of benzene rings is 1. The van der Waals surface area contributed by atoms with E-state index in [4.69, 9.17) is 10.5 Å². The summed E-state index contributed by atoms with van der Waals surface area (Å²) in [5.74, 6) is 3.16. The number of hydrogen-bond acceptors (Lipinski definition) is 6. The molecule has 146 valence electrons. The number of fused-ring (bicyclic) bond motifs is 3. The third-order valence-electron chi connectivity index (χ3n) is 4.52. The van der Waals surface area contributed by atoms with Gasteiger partial charge in [0.15, 0.2) is 5.70 Å². The maximum atomic E-state index is 14.5. The number of amidine groups is 1. The molecule has 2 unspecified atom stereocenters. The molecule has 2 heterocycles. The first-order chi connectivity index (χ1) is 13.1. The minimum atomic E-state index is -2.10. The number of carbonyl (C=O) groups excluding carboxylic acids is 2. The molecule has 0 aromatic heterocycles. The number of quaternary nitrogens is 1. The van der Waals surface area contributed by atoms with E-state index in [9.17, 15) is 19.1 Å². The average Bonchev–Trinajstić information content (AvgIpc) is 2.92. The predicted octanol–water partition coefficient (Wildman–Crippen LogP) is 0.0271. The van der Waals surface area contributed by atoms with Crippen LogP contribution in [0.3, 0.4) is 0 Å². The quantitative estimate of drug-likeness (QED) is 0.422. The number of rotatable bonds is 2. The monoisotopic (exact) mass is 388 g/mol. The van der Waals surface area contributed by atoms with E-state index in [0.29, 0.717) is 17.9 Å². The molecular weight excluding hydrogens is 369 g/mol. The normalized spacial score (nSPS) is 22.0. The van der Waals surface area contributed by atoms with Crippen LogP contribution in [0.5, 0.6) is 5.75 Å². The van der Waals surface area contributed by atoms with Gasteiger partial charge in [0.25, 0.3) is 5.91 Å². The number of aliphatic hydroxyl groups is 1. The molecule has 1 amide bonds. The van der Waals surface area contributed by atoms with E-state index in [1.165, 1.54) is 6.07 Å². The van der Waals surface area contributed by atoms with E-state index in [-0.39, 0.29) is 28.1 Å². The minimum absolute atomic E-state index is 0.0739. The van der Waals surface area contributed by atoms with Gasteiger partial charge in [0.05, 0.1) is 19.7 Å². The van der Waals surface area contributed by atoms with Crippen molar-refractivity contribution in [1.82, 2.24) is 0 Å². The highest BCUT2D eigenvalue weighted by atomic mass is 19.1. The van der Waals surface area contributed by atoms with Crippen molar-refractivity contribution < 1.29 is 33.0 Å². The molecule has 1 aromatic carbocycles. The highest BCUT2D eigenvalue weighted by Gasteiger charge is 2.40. The summed E-state index contributed by atoms with van der Waals surface area (Å²) in [5, 5.41) is 10.0. The first kappa shape index (κ1) is 19.5. The lowest BCUT2D eigenvalue weighted by Crippen LogP contribution is -2.44. The van der Waals surface area contributed by atoms with Gasteiger partial charge >= 0.3 is 5.97 Å². The molecule has 0 bridgehead atoms. The Morgan fingerprint density at radius 3 is 2.82 bits per heavy atom. The van der Waals surface area contributed by atoms with Crippen LogP contribution < -0.4 is 10.5 Å². The van der Waals surface area contributed by atoms with E-state index < -0.39 is 23.3 Å². The number of aliphatic imine (C=N–C) groups is 1. The van der Waals surface area contributed by atoms with Crippen LogP contribution in [0.25, 0.3) is 0 Å². The lowest BCUT2D eigenvalue weighted by atomic mass is 10.0. The maximum Gasteiger partial charge on any atom is 0.350 e. The number of halogens is 1. The van der Waals surface area contributed by atoms with Gasteiger partial charge in [-0.25, -0.2) is 13.7 Å².